The van der Waals surface area contributed by atoms with Crippen LogP contribution in [0.3, 0.4) is 0 Å². The van der Waals surface area contributed by atoms with Crippen molar-refractivity contribution in [3.63, 3.8) is 0 Å². The average Bonchev–Trinajstić information content (AvgIpc) is 2.50. The van der Waals surface area contributed by atoms with Crippen LogP contribution in [0.2, 0.25) is 0 Å². The van der Waals surface area contributed by atoms with Crippen molar-refractivity contribution < 1.29 is 4.74 Å². The number of hydrogen-bond donors (Lipinski definition) is 1. The molecule has 7 nitrogen and oxygen atoms in total. The molecule has 0 aliphatic carbocycles. The second kappa shape index (κ2) is 6.23. The lowest BCUT2D eigenvalue weighted by molar-refractivity contribution is 0.122. The van der Waals surface area contributed by atoms with Crippen molar-refractivity contribution in [1.82, 2.24) is 15.0 Å². The van der Waals surface area contributed by atoms with E-state index in [2.05, 4.69) is 38.6 Å². The Morgan fingerprint density at radius 1 is 1.10 bits per heavy atom. The molecule has 8 heteroatoms. The first-order valence-electron chi connectivity index (χ1n) is 7.37. The van der Waals surface area contributed by atoms with Crippen LogP contribution in [-0.4, -0.2) is 64.8 Å². The van der Waals surface area contributed by atoms with Crippen molar-refractivity contribution in [2.45, 2.75) is 25.1 Å². The van der Waals surface area contributed by atoms with Crippen molar-refractivity contribution in [3.8, 4) is 0 Å². The summed E-state index contributed by atoms with van der Waals surface area (Å²) in [5, 5.41) is 0.559. The van der Waals surface area contributed by atoms with Crippen LogP contribution in [0.25, 0.3) is 0 Å². The molecule has 3 rings (SSSR count). The minimum atomic E-state index is 0.291. The highest BCUT2D eigenvalue weighted by Gasteiger charge is 2.28. The molecule has 2 aliphatic heterocycles. The molecule has 2 aliphatic rings. The highest BCUT2D eigenvalue weighted by atomic mass is 32.2. The van der Waals surface area contributed by atoms with Gasteiger partial charge in [0.15, 0.2) is 0 Å². The fourth-order valence-electron chi connectivity index (χ4n) is 2.62. The quantitative estimate of drug-likeness (QED) is 0.851. The summed E-state index contributed by atoms with van der Waals surface area (Å²) in [5.41, 5.74) is 5.90. The number of ether oxygens (including phenoxy) is 1. The maximum Gasteiger partial charge on any atom is 0.232 e. The van der Waals surface area contributed by atoms with Crippen LogP contribution in [0, 0.1) is 0 Å². The van der Waals surface area contributed by atoms with E-state index >= 15 is 0 Å². The van der Waals surface area contributed by atoms with Crippen LogP contribution in [0.1, 0.15) is 13.8 Å². The lowest BCUT2D eigenvalue weighted by Crippen LogP contribution is -2.46. The molecular weight excluding hydrogens is 288 g/mol. The largest absolute Gasteiger partial charge is 0.378 e. The molecule has 0 spiro atoms. The second-order valence-electron chi connectivity index (χ2n) is 5.40. The number of nitrogens with two attached hydrogens (primary N) is 1. The number of nitrogen functional groups attached to an aromatic ring is 1. The summed E-state index contributed by atoms with van der Waals surface area (Å²) in [6.07, 6.45) is 0. The van der Waals surface area contributed by atoms with Crippen LogP contribution >= 0.6 is 11.8 Å². The number of nitrogens with zero attached hydrogens (tertiary/aromatic N) is 5. The minimum absolute atomic E-state index is 0.291. The van der Waals surface area contributed by atoms with E-state index in [1.807, 2.05) is 11.8 Å². The maximum absolute atomic E-state index is 5.90. The molecule has 2 N–H and O–H groups in total. The van der Waals surface area contributed by atoms with Gasteiger partial charge in [-0.05, 0) is 6.92 Å². The minimum Gasteiger partial charge on any atom is -0.378 e. The van der Waals surface area contributed by atoms with Gasteiger partial charge in [-0.2, -0.15) is 26.7 Å². The van der Waals surface area contributed by atoms with Crippen molar-refractivity contribution in [2.75, 3.05) is 54.1 Å². The summed E-state index contributed by atoms with van der Waals surface area (Å²) in [6.45, 7) is 8.40. The van der Waals surface area contributed by atoms with Crippen molar-refractivity contribution in [2.24, 2.45) is 0 Å². The van der Waals surface area contributed by atoms with Crippen LogP contribution in [0.4, 0.5) is 17.8 Å². The Morgan fingerprint density at radius 2 is 1.81 bits per heavy atom. The van der Waals surface area contributed by atoms with E-state index in [0.29, 0.717) is 42.4 Å². The molecule has 1 aromatic rings. The monoisotopic (exact) mass is 310 g/mol. The van der Waals surface area contributed by atoms with Gasteiger partial charge >= 0.3 is 0 Å². The average molecular weight is 310 g/mol. The highest BCUT2D eigenvalue weighted by Crippen LogP contribution is 2.28. The molecule has 0 radical (unpaired) electrons. The van der Waals surface area contributed by atoms with Gasteiger partial charge in [0.25, 0.3) is 0 Å². The molecule has 0 amide bonds. The molecule has 0 aromatic carbocycles. The van der Waals surface area contributed by atoms with Gasteiger partial charge in [-0.1, -0.05) is 6.92 Å². The van der Waals surface area contributed by atoms with Crippen LogP contribution in [-0.2, 0) is 4.74 Å². The molecule has 1 aromatic heterocycles. The normalized spacial score (nSPS) is 27.0. The van der Waals surface area contributed by atoms with Crippen molar-refractivity contribution in [1.29, 1.82) is 0 Å². The fraction of sp³-hybridized carbons (Fsp3) is 0.769. The van der Waals surface area contributed by atoms with Gasteiger partial charge in [0.05, 0.1) is 13.2 Å². The topological polar surface area (TPSA) is 80.4 Å². The van der Waals surface area contributed by atoms with E-state index in [0.717, 1.165) is 25.4 Å². The zero-order valence-corrected chi connectivity index (χ0v) is 13.3. The molecule has 0 saturated carbocycles. The predicted molar refractivity (Wildman–Crippen MR) is 86.0 cm³/mol. The molecule has 116 valence electrons. The molecule has 2 unspecified atom stereocenters. The molecule has 2 fully saturated rings. The number of thioether (sulfide) groups is 1. The standard InChI is InChI=1S/C13H22N6OS/c1-9-10(2)21-8-5-19(9)13-16-11(14)15-12(17-13)18-3-6-20-7-4-18/h9-10H,3-8H2,1-2H3,(H2,14,15,16,17). The fourth-order valence-corrected chi connectivity index (χ4v) is 3.72. The van der Waals surface area contributed by atoms with Crippen LogP contribution < -0.4 is 15.5 Å². The molecule has 0 bridgehead atoms. The highest BCUT2D eigenvalue weighted by molar-refractivity contribution is 8.00. The third kappa shape index (κ3) is 3.16. The van der Waals surface area contributed by atoms with E-state index in [-0.39, 0.29) is 0 Å². The van der Waals surface area contributed by atoms with Gasteiger partial charge in [0.1, 0.15) is 0 Å². The molecular formula is C13H22N6OS. The summed E-state index contributed by atoms with van der Waals surface area (Å²) in [7, 11) is 0. The zero-order valence-electron chi connectivity index (χ0n) is 12.5. The van der Waals surface area contributed by atoms with Crippen LogP contribution in [0.5, 0.6) is 0 Å². The summed E-state index contributed by atoms with van der Waals surface area (Å²) >= 11 is 1.99. The third-order valence-corrected chi connectivity index (χ3v) is 5.40. The van der Waals surface area contributed by atoms with Gasteiger partial charge in [-0.3, -0.25) is 0 Å². The van der Waals surface area contributed by atoms with Gasteiger partial charge < -0.3 is 20.3 Å². The van der Waals surface area contributed by atoms with E-state index in [1.165, 1.54) is 0 Å². The molecule has 2 saturated heterocycles. The van der Waals surface area contributed by atoms with E-state index < -0.39 is 0 Å². The van der Waals surface area contributed by atoms with Gasteiger partial charge in [-0.25, -0.2) is 0 Å². The van der Waals surface area contributed by atoms with Gasteiger partial charge in [0.2, 0.25) is 17.8 Å². The predicted octanol–water partition coefficient (Wildman–Crippen LogP) is 0.621. The van der Waals surface area contributed by atoms with E-state index in [9.17, 15) is 0 Å². The van der Waals surface area contributed by atoms with Crippen molar-refractivity contribution >= 4 is 29.6 Å². The summed E-state index contributed by atoms with van der Waals surface area (Å²) in [6, 6.07) is 0.392. The molecule has 2 atom stereocenters. The lowest BCUT2D eigenvalue weighted by Gasteiger charge is -2.37. The summed E-state index contributed by atoms with van der Waals surface area (Å²) in [4.78, 5) is 17.6. The van der Waals surface area contributed by atoms with E-state index in [4.69, 9.17) is 10.5 Å². The first-order valence-corrected chi connectivity index (χ1v) is 8.42. The Hall–Kier alpha value is -1.28. The lowest BCUT2D eigenvalue weighted by atomic mass is 10.2. The number of anilines is 3. The maximum atomic E-state index is 5.90. The zero-order chi connectivity index (χ0) is 14.8. The first kappa shape index (κ1) is 14.6. The Kier molecular flexibility index (Phi) is 4.34. The Morgan fingerprint density at radius 3 is 2.57 bits per heavy atom. The second-order valence-corrected chi connectivity index (χ2v) is 6.89. The SMILES string of the molecule is CC1SCCN(c2nc(N)nc(N3CCOCC3)n2)C1C. The smallest absolute Gasteiger partial charge is 0.232 e. The van der Waals surface area contributed by atoms with Crippen LogP contribution in [0.15, 0.2) is 0 Å². The number of rotatable bonds is 2. The molecule has 3 heterocycles. The van der Waals surface area contributed by atoms with E-state index in [1.54, 1.807) is 0 Å². The first-order chi connectivity index (χ1) is 10.1. The van der Waals surface area contributed by atoms with Gasteiger partial charge in [0, 0.05) is 36.7 Å². The summed E-state index contributed by atoms with van der Waals surface area (Å²) in [5.74, 6) is 2.74. The number of morpholine rings is 1. The number of hydrogen-bond acceptors (Lipinski definition) is 8. The summed E-state index contributed by atoms with van der Waals surface area (Å²) < 4.78 is 5.37. The Bertz CT molecular complexity index is 496. The van der Waals surface area contributed by atoms with Gasteiger partial charge in [-0.15, -0.1) is 0 Å². The molecule has 21 heavy (non-hydrogen) atoms. The Balaban J connectivity index is 1.86. The Labute approximate surface area is 129 Å². The number of aromatic nitrogens is 3. The third-order valence-electron chi connectivity index (χ3n) is 4.06. The van der Waals surface area contributed by atoms with Crippen molar-refractivity contribution in [3.05, 3.63) is 0 Å².